The molecule has 0 saturated carbocycles. The summed E-state index contributed by atoms with van der Waals surface area (Å²) < 4.78 is 0. The van der Waals surface area contributed by atoms with Gasteiger partial charge in [-0.3, -0.25) is 0 Å². The molecule has 0 atom stereocenters. The molecular formula is C30H51O5P. The molecule has 5 nitrogen and oxygen atoms in total. The van der Waals surface area contributed by atoms with Crippen LogP contribution in [0.25, 0.3) is 0 Å². The first kappa shape index (κ1) is 34.4. The van der Waals surface area contributed by atoms with E-state index in [1.165, 1.54) is 101 Å². The van der Waals surface area contributed by atoms with Crippen molar-refractivity contribution in [3.63, 3.8) is 0 Å². The lowest BCUT2D eigenvalue weighted by Crippen LogP contribution is -1.85. The average molecular weight is 523 g/mol. The summed E-state index contributed by atoms with van der Waals surface area (Å²) in [6, 6.07) is 15.2. The van der Waals surface area contributed by atoms with E-state index in [0.29, 0.717) is 11.5 Å². The minimum absolute atomic E-state index is 0.364. The number of rotatable bonds is 16. The van der Waals surface area contributed by atoms with Crippen molar-refractivity contribution in [3.05, 3.63) is 59.7 Å². The van der Waals surface area contributed by atoms with Gasteiger partial charge in [-0.15, -0.1) is 0 Å². The molecule has 2 aromatic rings. The van der Waals surface area contributed by atoms with E-state index in [9.17, 15) is 0 Å². The summed E-state index contributed by atoms with van der Waals surface area (Å²) in [5, 5.41) is 18.3. The highest BCUT2D eigenvalue weighted by atomic mass is 31.2. The van der Waals surface area contributed by atoms with Gasteiger partial charge in [0.2, 0.25) is 0 Å². The zero-order valence-electron chi connectivity index (χ0n) is 22.6. The number of aryl methyl sites for hydroxylation is 2. The molecule has 0 fully saturated rings. The Morgan fingerprint density at radius 2 is 0.694 bits per heavy atom. The predicted molar refractivity (Wildman–Crippen MR) is 153 cm³/mol. The first-order chi connectivity index (χ1) is 17.4. The number of aromatic hydroxyl groups is 2. The molecule has 0 aliphatic carbocycles. The van der Waals surface area contributed by atoms with E-state index in [0.717, 1.165) is 12.8 Å². The zero-order valence-corrected chi connectivity index (χ0v) is 23.5. The standard InChI is InChI=1S/2C15H24O.H3O3P/c2*1-2-3-4-5-6-7-8-9-14-10-12-15(16)13-11-14;1-4(2)3/h2*10-13,16H,2-9H2,1H3;1-3H. The van der Waals surface area contributed by atoms with Gasteiger partial charge in [0.25, 0.3) is 0 Å². The van der Waals surface area contributed by atoms with Crippen molar-refractivity contribution < 1.29 is 24.9 Å². The maximum absolute atomic E-state index is 9.15. The molecule has 0 saturated heterocycles. The lowest BCUT2D eigenvalue weighted by molar-refractivity contribution is 0.368. The topological polar surface area (TPSA) is 101 Å². The van der Waals surface area contributed by atoms with Crippen LogP contribution in [-0.4, -0.2) is 24.9 Å². The van der Waals surface area contributed by atoms with Gasteiger partial charge >= 0.3 is 8.60 Å². The van der Waals surface area contributed by atoms with E-state index in [-0.39, 0.29) is 0 Å². The Kier molecular flexibility index (Phi) is 23.9. The Morgan fingerprint density at radius 1 is 0.444 bits per heavy atom. The van der Waals surface area contributed by atoms with Gasteiger partial charge in [0.05, 0.1) is 0 Å². The molecule has 206 valence electrons. The van der Waals surface area contributed by atoms with Crippen molar-refractivity contribution in [2.45, 2.75) is 117 Å². The van der Waals surface area contributed by atoms with Crippen LogP contribution in [0, 0.1) is 0 Å². The SMILES string of the molecule is CCCCCCCCCc1ccc(O)cc1.CCCCCCCCCc1ccc(O)cc1.OP(O)O. The highest BCUT2D eigenvalue weighted by Crippen LogP contribution is 2.15. The van der Waals surface area contributed by atoms with Crippen molar-refractivity contribution in [3.8, 4) is 11.5 Å². The Balaban J connectivity index is 0.000000593. The minimum atomic E-state index is -2.62. The highest BCUT2D eigenvalue weighted by molar-refractivity contribution is 7.38. The smallest absolute Gasteiger partial charge is 0.324 e. The number of phenols is 2. The molecule has 0 spiro atoms. The summed E-state index contributed by atoms with van der Waals surface area (Å²) in [5.74, 6) is 0.728. The fourth-order valence-electron chi connectivity index (χ4n) is 3.90. The van der Waals surface area contributed by atoms with Gasteiger partial charge in [0, 0.05) is 0 Å². The molecule has 0 amide bonds. The minimum Gasteiger partial charge on any atom is -0.508 e. The molecular weight excluding hydrogens is 471 g/mol. The Hall–Kier alpha value is -1.65. The zero-order chi connectivity index (χ0) is 26.9. The van der Waals surface area contributed by atoms with E-state index >= 15 is 0 Å². The quantitative estimate of drug-likeness (QED) is 0.112. The summed E-state index contributed by atoms with van der Waals surface area (Å²) in [7, 11) is -2.62. The fourth-order valence-corrected chi connectivity index (χ4v) is 3.90. The van der Waals surface area contributed by atoms with Crippen LogP contribution >= 0.6 is 8.60 Å². The third kappa shape index (κ3) is 24.1. The normalized spacial score (nSPS) is 10.4. The largest absolute Gasteiger partial charge is 0.508 e. The van der Waals surface area contributed by atoms with Gasteiger partial charge in [-0.25, -0.2) is 0 Å². The van der Waals surface area contributed by atoms with Crippen LogP contribution < -0.4 is 0 Å². The van der Waals surface area contributed by atoms with Gasteiger partial charge < -0.3 is 24.9 Å². The van der Waals surface area contributed by atoms with Crippen LogP contribution in [0.5, 0.6) is 11.5 Å². The van der Waals surface area contributed by atoms with E-state index < -0.39 is 8.60 Å². The van der Waals surface area contributed by atoms with Crippen molar-refractivity contribution in [1.29, 1.82) is 0 Å². The first-order valence-corrected chi connectivity index (χ1v) is 15.0. The molecule has 6 heteroatoms. The maximum Gasteiger partial charge on any atom is 0.324 e. The lowest BCUT2D eigenvalue weighted by Gasteiger charge is -2.02. The van der Waals surface area contributed by atoms with Gasteiger partial charge in [-0.2, -0.15) is 0 Å². The van der Waals surface area contributed by atoms with E-state index in [2.05, 4.69) is 13.8 Å². The van der Waals surface area contributed by atoms with Crippen molar-refractivity contribution in [2.75, 3.05) is 0 Å². The second kappa shape index (κ2) is 25.0. The van der Waals surface area contributed by atoms with Crippen molar-refractivity contribution in [2.24, 2.45) is 0 Å². The molecule has 0 aliphatic heterocycles. The number of benzene rings is 2. The molecule has 2 aromatic carbocycles. The third-order valence-corrected chi connectivity index (χ3v) is 6.01. The first-order valence-electron chi connectivity index (χ1n) is 13.8. The van der Waals surface area contributed by atoms with Gasteiger partial charge in [-0.1, -0.05) is 115 Å². The number of phenolic OH excluding ortho intramolecular Hbond substituents is 2. The second-order valence-electron chi connectivity index (χ2n) is 9.34. The molecule has 0 heterocycles. The highest BCUT2D eigenvalue weighted by Gasteiger charge is 1.96. The van der Waals surface area contributed by atoms with Gasteiger partial charge in [-0.05, 0) is 61.1 Å². The van der Waals surface area contributed by atoms with Crippen molar-refractivity contribution in [1.82, 2.24) is 0 Å². The Morgan fingerprint density at radius 3 is 0.972 bits per heavy atom. The van der Waals surface area contributed by atoms with Gasteiger partial charge in [0.1, 0.15) is 11.5 Å². The van der Waals surface area contributed by atoms with E-state index in [4.69, 9.17) is 24.9 Å². The molecule has 36 heavy (non-hydrogen) atoms. The molecule has 2 rings (SSSR count). The average Bonchev–Trinajstić information content (AvgIpc) is 2.85. The number of unbranched alkanes of at least 4 members (excludes halogenated alkanes) is 12. The second-order valence-corrected chi connectivity index (χ2v) is 9.88. The van der Waals surface area contributed by atoms with Crippen LogP contribution in [0.1, 0.15) is 115 Å². The Labute approximate surface area is 221 Å². The summed E-state index contributed by atoms with van der Waals surface area (Å²) in [6.07, 6.45) is 21.3. The predicted octanol–water partition coefficient (Wildman–Crippen LogP) is 8.56. The lowest BCUT2D eigenvalue weighted by atomic mass is 10.0. The van der Waals surface area contributed by atoms with Crippen LogP contribution in [0.15, 0.2) is 48.5 Å². The fraction of sp³-hybridized carbons (Fsp3) is 0.600. The molecule has 0 bridgehead atoms. The molecule has 0 unspecified atom stereocenters. The Bertz CT molecular complexity index is 642. The molecule has 0 aromatic heterocycles. The summed E-state index contributed by atoms with van der Waals surface area (Å²) in [4.78, 5) is 21.7. The van der Waals surface area contributed by atoms with Gasteiger partial charge in [0.15, 0.2) is 0 Å². The van der Waals surface area contributed by atoms with Crippen LogP contribution in [0.2, 0.25) is 0 Å². The number of hydrogen-bond acceptors (Lipinski definition) is 5. The maximum atomic E-state index is 9.15. The molecule has 0 radical (unpaired) electrons. The molecule has 5 N–H and O–H groups in total. The summed E-state index contributed by atoms with van der Waals surface area (Å²) >= 11 is 0. The van der Waals surface area contributed by atoms with E-state index in [1.807, 2.05) is 24.3 Å². The van der Waals surface area contributed by atoms with Crippen LogP contribution in [0.4, 0.5) is 0 Å². The third-order valence-electron chi connectivity index (χ3n) is 6.01. The van der Waals surface area contributed by atoms with Crippen LogP contribution in [0.3, 0.4) is 0 Å². The number of hydrogen-bond donors (Lipinski definition) is 5. The van der Waals surface area contributed by atoms with Crippen LogP contribution in [-0.2, 0) is 12.8 Å². The monoisotopic (exact) mass is 522 g/mol. The summed E-state index contributed by atoms with van der Waals surface area (Å²) in [6.45, 7) is 4.51. The van der Waals surface area contributed by atoms with E-state index in [1.54, 1.807) is 24.3 Å². The van der Waals surface area contributed by atoms with Crippen molar-refractivity contribution >= 4 is 8.60 Å². The molecule has 0 aliphatic rings. The summed E-state index contributed by atoms with van der Waals surface area (Å²) in [5.41, 5.74) is 2.68.